The maximum absolute atomic E-state index is 14.1. The number of nitrogens with one attached hydrogen (secondary N) is 5. The number of aliphatic carboxylic acids is 1. The van der Waals surface area contributed by atoms with E-state index in [9.17, 15) is 43.8 Å². The quantitative estimate of drug-likeness (QED) is 0.0498. The molecule has 5 amide bonds. The van der Waals surface area contributed by atoms with Gasteiger partial charge in [0.1, 0.15) is 34.9 Å². The Morgan fingerprint density at radius 3 is 1.65 bits per heavy atom. The van der Waals surface area contributed by atoms with Crippen molar-refractivity contribution in [2.75, 3.05) is 6.54 Å². The highest BCUT2D eigenvalue weighted by Crippen LogP contribution is 2.40. The molecular weight excluding hydrogens is 851 g/mol. The molecule has 0 unspecified atom stereocenters. The number of esters is 1. The SMILES string of the molecule is C[C@H](NC(=O)[C@H](Cc1cn(C(c2ccccc2)(c2ccccc2)c2ccccc2)cn1)NC(=O)OC(C)(C)C)C(=O)N[C@@H](CCC(=O)OC(C)(C)C)C(=O)NCC(=O)N[C@H](C(=O)O)[C@@H](C)O. The molecule has 0 aliphatic rings. The second-order valence-electron chi connectivity index (χ2n) is 17.7. The van der Waals surface area contributed by atoms with Crippen LogP contribution < -0.4 is 26.6 Å². The Morgan fingerprint density at radius 2 is 1.18 bits per heavy atom. The molecule has 0 spiro atoms. The minimum Gasteiger partial charge on any atom is -0.480 e. The number of ether oxygens (including phenoxy) is 2. The van der Waals surface area contributed by atoms with Gasteiger partial charge in [0.15, 0.2) is 6.04 Å². The summed E-state index contributed by atoms with van der Waals surface area (Å²) in [6, 6.07) is 23.8. The van der Waals surface area contributed by atoms with E-state index in [-0.39, 0.29) is 19.3 Å². The molecule has 0 saturated carbocycles. The highest BCUT2D eigenvalue weighted by molar-refractivity contribution is 5.95. The van der Waals surface area contributed by atoms with Crippen molar-refractivity contribution in [3.63, 3.8) is 0 Å². The van der Waals surface area contributed by atoms with E-state index in [1.807, 2.05) is 95.6 Å². The van der Waals surface area contributed by atoms with Gasteiger partial charge < -0.3 is 50.8 Å². The average Bonchev–Trinajstić information content (AvgIpc) is 3.71. The molecule has 354 valence electrons. The molecular formula is C48H61N7O11. The largest absolute Gasteiger partial charge is 0.480 e. The van der Waals surface area contributed by atoms with Crippen LogP contribution in [0.25, 0.3) is 0 Å². The van der Waals surface area contributed by atoms with Crippen LogP contribution in [0.15, 0.2) is 104 Å². The second-order valence-corrected chi connectivity index (χ2v) is 17.7. The number of hydrogen-bond donors (Lipinski definition) is 7. The van der Waals surface area contributed by atoms with Crippen molar-refractivity contribution >= 4 is 41.7 Å². The first-order valence-corrected chi connectivity index (χ1v) is 21.5. The van der Waals surface area contributed by atoms with Crippen molar-refractivity contribution < 1.29 is 53.2 Å². The Labute approximate surface area is 384 Å². The lowest BCUT2D eigenvalue weighted by Crippen LogP contribution is -2.57. The molecule has 7 N–H and O–H groups in total. The van der Waals surface area contributed by atoms with Gasteiger partial charge in [-0.1, -0.05) is 91.0 Å². The number of alkyl carbamates (subject to hydrolysis) is 1. The molecule has 3 aromatic carbocycles. The summed E-state index contributed by atoms with van der Waals surface area (Å²) in [5, 5.41) is 31.1. The third-order valence-corrected chi connectivity index (χ3v) is 9.95. The average molecular weight is 912 g/mol. The van der Waals surface area contributed by atoms with Crippen molar-refractivity contribution in [2.45, 2.75) is 122 Å². The number of carboxylic acids is 1. The minimum absolute atomic E-state index is 0.151. The number of aliphatic hydroxyl groups excluding tert-OH is 1. The highest BCUT2D eigenvalue weighted by Gasteiger charge is 2.39. The summed E-state index contributed by atoms with van der Waals surface area (Å²) in [5.74, 6) is -5.71. The molecule has 4 aromatic rings. The number of carbonyl (C=O) groups excluding carboxylic acids is 6. The Hall–Kier alpha value is -7.08. The number of aromatic nitrogens is 2. The number of amides is 5. The van der Waals surface area contributed by atoms with Crippen LogP contribution in [-0.4, -0.2) is 109 Å². The third-order valence-electron chi connectivity index (χ3n) is 9.95. The van der Waals surface area contributed by atoms with Crippen molar-refractivity contribution in [2.24, 2.45) is 0 Å². The lowest BCUT2D eigenvalue weighted by molar-refractivity contribution is -0.155. The van der Waals surface area contributed by atoms with Crippen LogP contribution in [0.4, 0.5) is 4.79 Å². The molecule has 18 nitrogen and oxygen atoms in total. The fourth-order valence-electron chi connectivity index (χ4n) is 7.01. The predicted molar refractivity (Wildman–Crippen MR) is 243 cm³/mol. The zero-order valence-corrected chi connectivity index (χ0v) is 38.5. The summed E-state index contributed by atoms with van der Waals surface area (Å²) in [5.41, 5.74) is 0.487. The standard InChI is InChI=1S/C48H61N7O11/c1-30(41(59)52-36(24-25-39(58)65-46(3,4)5)42(60)49-27-38(57)54-40(31(2)56)44(62)63)51-43(61)37(53-45(64)66-47(6,7)8)26-35-28-55(29-50-35)48(32-18-12-9-13-19-32,33-20-14-10-15-21-33)34-22-16-11-17-23-34/h9-23,28-31,36-37,40,56H,24-27H2,1-8H3,(H,49,60)(H,51,61)(H,52,59)(H,53,64)(H,54,57)(H,62,63)/t30-,31+,36-,37-,40-/m0/s1. The van der Waals surface area contributed by atoms with E-state index in [4.69, 9.17) is 14.5 Å². The number of carbonyl (C=O) groups is 7. The van der Waals surface area contributed by atoms with Gasteiger partial charge in [0.2, 0.25) is 23.6 Å². The third kappa shape index (κ3) is 14.7. The lowest BCUT2D eigenvalue weighted by Gasteiger charge is -2.37. The molecule has 0 radical (unpaired) electrons. The first kappa shape index (κ1) is 51.6. The fourth-order valence-corrected chi connectivity index (χ4v) is 7.01. The van der Waals surface area contributed by atoms with Crippen LogP contribution in [-0.2, 0) is 50.2 Å². The Kier molecular flexibility index (Phi) is 17.7. The lowest BCUT2D eigenvalue weighted by atomic mass is 9.77. The van der Waals surface area contributed by atoms with E-state index in [2.05, 4.69) is 26.6 Å². The maximum atomic E-state index is 14.1. The van der Waals surface area contributed by atoms with Crippen molar-refractivity contribution in [3.8, 4) is 0 Å². The van der Waals surface area contributed by atoms with E-state index in [0.29, 0.717) is 5.69 Å². The molecule has 66 heavy (non-hydrogen) atoms. The van der Waals surface area contributed by atoms with E-state index in [1.54, 1.807) is 54.1 Å². The molecule has 5 atom stereocenters. The van der Waals surface area contributed by atoms with E-state index in [0.717, 1.165) is 16.7 Å². The van der Waals surface area contributed by atoms with Crippen molar-refractivity contribution in [3.05, 3.63) is 126 Å². The Balaban J connectivity index is 1.60. The zero-order chi connectivity index (χ0) is 48.8. The van der Waals surface area contributed by atoms with Crippen molar-refractivity contribution in [1.29, 1.82) is 0 Å². The van der Waals surface area contributed by atoms with Crippen LogP contribution in [0.5, 0.6) is 0 Å². The Morgan fingerprint density at radius 1 is 0.667 bits per heavy atom. The maximum Gasteiger partial charge on any atom is 0.408 e. The number of nitrogens with zero attached hydrogens (tertiary/aromatic N) is 2. The zero-order valence-electron chi connectivity index (χ0n) is 38.5. The number of hydrogen-bond acceptors (Lipinski definition) is 11. The summed E-state index contributed by atoms with van der Waals surface area (Å²) in [7, 11) is 0. The number of aliphatic hydroxyl groups is 1. The van der Waals surface area contributed by atoms with Gasteiger partial charge in [-0.15, -0.1) is 0 Å². The van der Waals surface area contributed by atoms with Gasteiger partial charge in [-0.05, 0) is 78.5 Å². The molecule has 0 aliphatic heterocycles. The van der Waals surface area contributed by atoms with Gasteiger partial charge in [-0.2, -0.15) is 0 Å². The number of imidazole rings is 1. The minimum atomic E-state index is -1.66. The van der Waals surface area contributed by atoms with Gasteiger partial charge in [-0.25, -0.2) is 14.6 Å². The van der Waals surface area contributed by atoms with Gasteiger partial charge >= 0.3 is 18.0 Å². The monoisotopic (exact) mass is 911 g/mol. The Bertz CT molecular complexity index is 2190. The van der Waals surface area contributed by atoms with Gasteiger partial charge in [0.25, 0.3) is 0 Å². The van der Waals surface area contributed by atoms with Crippen LogP contribution in [0, 0.1) is 0 Å². The summed E-state index contributed by atoms with van der Waals surface area (Å²) < 4.78 is 12.8. The number of carboxylic acid groups (broad SMARTS) is 1. The van der Waals surface area contributed by atoms with Crippen LogP contribution in [0.1, 0.15) is 90.6 Å². The second kappa shape index (κ2) is 22.7. The molecule has 1 aromatic heterocycles. The summed E-state index contributed by atoms with van der Waals surface area (Å²) in [4.78, 5) is 95.7. The summed E-state index contributed by atoms with van der Waals surface area (Å²) in [6.07, 6.45) is 0.321. The summed E-state index contributed by atoms with van der Waals surface area (Å²) >= 11 is 0. The van der Waals surface area contributed by atoms with Crippen LogP contribution in [0.2, 0.25) is 0 Å². The molecule has 0 aliphatic carbocycles. The molecule has 18 heteroatoms. The topological polar surface area (TPSA) is 256 Å². The van der Waals surface area contributed by atoms with Gasteiger partial charge in [-0.3, -0.25) is 24.0 Å². The predicted octanol–water partition coefficient (Wildman–Crippen LogP) is 3.34. The molecule has 0 saturated heterocycles. The van der Waals surface area contributed by atoms with Crippen molar-refractivity contribution in [1.82, 2.24) is 36.1 Å². The van der Waals surface area contributed by atoms with E-state index >= 15 is 0 Å². The van der Waals surface area contributed by atoms with E-state index < -0.39 is 95.2 Å². The summed E-state index contributed by atoms with van der Waals surface area (Å²) in [6.45, 7) is 11.7. The van der Waals surface area contributed by atoms with E-state index in [1.165, 1.54) is 13.8 Å². The van der Waals surface area contributed by atoms with Crippen LogP contribution >= 0.6 is 0 Å². The normalized spacial score (nSPS) is 14.0. The number of benzene rings is 3. The first-order chi connectivity index (χ1) is 31.0. The highest BCUT2D eigenvalue weighted by atomic mass is 16.6. The smallest absolute Gasteiger partial charge is 0.408 e. The fraction of sp³-hybridized carbons (Fsp3) is 0.417. The first-order valence-electron chi connectivity index (χ1n) is 21.5. The molecule has 0 bridgehead atoms. The van der Waals surface area contributed by atoms with Gasteiger partial charge in [0.05, 0.1) is 24.7 Å². The molecule has 1 heterocycles. The molecule has 0 fully saturated rings. The van der Waals surface area contributed by atoms with Crippen LogP contribution in [0.3, 0.4) is 0 Å². The van der Waals surface area contributed by atoms with Gasteiger partial charge in [0, 0.05) is 19.0 Å². The number of rotatable bonds is 20. The molecule has 4 rings (SSSR count).